The molecule has 4 aromatic rings. The SMILES string of the molecule is COc1ccc2c(c1OCc1ccccc1)[C@@]13C=CCC[C@H]1[C@H](C2)N(C1c2ccccc2CCc2ccccc21)CC3. The van der Waals surface area contributed by atoms with Gasteiger partial charge < -0.3 is 9.47 Å². The molecule has 0 unspecified atom stereocenters. The van der Waals surface area contributed by atoms with Crippen molar-refractivity contribution in [2.75, 3.05) is 13.7 Å². The number of hydrogen-bond donors (Lipinski definition) is 0. The number of nitrogens with zero attached hydrogens (tertiary/aromatic N) is 1. The lowest BCUT2D eigenvalue weighted by Crippen LogP contribution is -2.60. The fourth-order valence-electron chi connectivity index (χ4n) is 8.84. The first-order chi connectivity index (χ1) is 20.8. The molecular weight excluding hydrogens is 514 g/mol. The molecule has 212 valence electrons. The molecule has 1 fully saturated rings. The fraction of sp³-hybridized carbons (Fsp3) is 0.333. The zero-order chi connectivity index (χ0) is 28.1. The molecule has 3 atom stereocenters. The number of allylic oxidation sites excluding steroid dienone is 2. The Balaban J connectivity index is 1.25. The highest BCUT2D eigenvalue weighted by molar-refractivity contribution is 5.59. The summed E-state index contributed by atoms with van der Waals surface area (Å²) >= 11 is 0. The third kappa shape index (κ3) is 4.05. The van der Waals surface area contributed by atoms with Crippen molar-refractivity contribution >= 4 is 0 Å². The van der Waals surface area contributed by atoms with Gasteiger partial charge in [-0.2, -0.15) is 0 Å². The number of rotatable bonds is 5. The minimum absolute atomic E-state index is 0.0304. The standard InChI is InChI=1S/C39H39NO2/c1-41-35-21-20-30-25-34-33-17-9-10-22-39(33,36(30)38(35)42-26-27-11-3-2-4-12-27)23-24-40(34)37-31-15-7-5-13-28(31)18-19-29-14-6-8-16-32(29)37/h2-8,10-16,20-22,33-34,37H,9,17-19,23-26H2,1H3/t33-,34-,39+/m0/s1. The molecule has 1 saturated heterocycles. The molecular formula is C39H39NO2. The van der Waals surface area contributed by atoms with Gasteiger partial charge in [-0.15, -0.1) is 0 Å². The Morgan fingerprint density at radius 1 is 0.810 bits per heavy atom. The van der Waals surface area contributed by atoms with Gasteiger partial charge in [-0.3, -0.25) is 4.90 Å². The number of hydrogen-bond acceptors (Lipinski definition) is 3. The van der Waals surface area contributed by atoms with Crippen molar-refractivity contribution in [3.8, 4) is 11.5 Å². The summed E-state index contributed by atoms with van der Waals surface area (Å²) in [5.41, 5.74) is 10.00. The Bertz CT molecular complexity index is 1590. The topological polar surface area (TPSA) is 21.7 Å². The molecule has 4 aliphatic rings. The van der Waals surface area contributed by atoms with Crippen LogP contribution in [-0.4, -0.2) is 24.6 Å². The Labute approximate surface area is 249 Å². The van der Waals surface area contributed by atoms with Crippen molar-refractivity contribution in [1.82, 2.24) is 4.90 Å². The van der Waals surface area contributed by atoms with Crippen LogP contribution in [0.25, 0.3) is 0 Å². The molecule has 4 aromatic carbocycles. The van der Waals surface area contributed by atoms with E-state index in [9.17, 15) is 0 Å². The monoisotopic (exact) mass is 553 g/mol. The maximum Gasteiger partial charge on any atom is 0.166 e. The number of methoxy groups -OCH3 is 1. The first kappa shape index (κ1) is 25.9. The molecule has 3 aliphatic carbocycles. The average Bonchev–Trinajstić information content (AvgIpc) is 3.21. The van der Waals surface area contributed by atoms with E-state index in [-0.39, 0.29) is 5.41 Å². The van der Waals surface area contributed by atoms with Crippen LogP contribution in [-0.2, 0) is 31.3 Å². The first-order valence-corrected chi connectivity index (χ1v) is 15.7. The van der Waals surface area contributed by atoms with Crippen LogP contribution in [0.4, 0.5) is 0 Å². The molecule has 0 amide bonds. The zero-order valence-electron chi connectivity index (χ0n) is 24.5. The van der Waals surface area contributed by atoms with Crippen molar-refractivity contribution in [2.45, 2.75) is 62.6 Å². The van der Waals surface area contributed by atoms with Crippen LogP contribution in [0.15, 0.2) is 103 Å². The number of fused-ring (bicyclic) bond motifs is 3. The molecule has 0 radical (unpaired) electrons. The number of ether oxygens (including phenoxy) is 2. The van der Waals surface area contributed by atoms with Crippen molar-refractivity contribution < 1.29 is 9.47 Å². The van der Waals surface area contributed by atoms with Crippen molar-refractivity contribution in [1.29, 1.82) is 0 Å². The molecule has 3 nitrogen and oxygen atoms in total. The average molecular weight is 554 g/mol. The second-order valence-corrected chi connectivity index (χ2v) is 12.6. The second kappa shape index (κ2) is 10.5. The molecule has 8 rings (SSSR count). The lowest BCUT2D eigenvalue weighted by atomic mass is 9.54. The molecule has 1 heterocycles. The minimum atomic E-state index is -0.0304. The van der Waals surface area contributed by atoms with E-state index in [0.717, 1.165) is 50.1 Å². The predicted molar refractivity (Wildman–Crippen MR) is 168 cm³/mol. The van der Waals surface area contributed by atoms with E-state index in [4.69, 9.17) is 9.47 Å². The minimum Gasteiger partial charge on any atom is -0.493 e. The smallest absolute Gasteiger partial charge is 0.166 e. The highest BCUT2D eigenvalue weighted by atomic mass is 16.5. The fourth-order valence-corrected chi connectivity index (χ4v) is 8.84. The molecule has 0 N–H and O–H groups in total. The van der Waals surface area contributed by atoms with Gasteiger partial charge in [0, 0.05) is 23.6 Å². The normalized spacial score (nSPS) is 24.5. The Morgan fingerprint density at radius 2 is 1.52 bits per heavy atom. The molecule has 42 heavy (non-hydrogen) atoms. The van der Waals surface area contributed by atoms with Gasteiger partial charge in [0.1, 0.15) is 6.61 Å². The largest absolute Gasteiger partial charge is 0.493 e. The zero-order valence-corrected chi connectivity index (χ0v) is 24.5. The maximum atomic E-state index is 6.73. The van der Waals surface area contributed by atoms with Crippen LogP contribution in [0.1, 0.15) is 64.2 Å². The van der Waals surface area contributed by atoms with Gasteiger partial charge in [0.2, 0.25) is 0 Å². The van der Waals surface area contributed by atoms with Crippen molar-refractivity contribution in [3.05, 3.63) is 142 Å². The summed E-state index contributed by atoms with van der Waals surface area (Å²) in [5.74, 6) is 2.34. The Hall–Kier alpha value is -3.82. The van der Waals surface area contributed by atoms with Crippen LogP contribution in [0, 0.1) is 5.92 Å². The van der Waals surface area contributed by atoms with Crippen LogP contribution >= 0.6 is 0 Å². The van der Waals surface area contributed by atoms with E-state index in [1.54, 1.807) is 7.11 Å². The third-order valence-corrected chi connectivity index (χ3v) is 10.6. The highest BCUT2D eigenvalue weighted by Crippen LogP contribution is 2.59. The van der Waals surface area contributed by atoms with Gasteiger partial charge in [-0.1, -0.05) is 97.1 Å². The van der Waals surface area contributed by atoms with E-state index in [1.165, 1.54) is 45.4 Å². The summed E-state index contributed by atoms with van der Waals surface area (Å²) in [7, 11) is 1.78. The maximum absolute atomic E-state index is 6.73. The van der Waals surface area contributed by atoms with E-state index in [1.807, 2.05) is 0 Å². The van der Waals surface area contributed by atoms with Crippen molar-refractivity contribution in [2.24, 2.45) is 5.92 Å². The van der Waals surface area contributed by atoms with Gasteiger partial charge in [0.15, 0.2) is 11.5 Å². The van der Waals surface area contributed by atoms with E-state index >= 15 is 0 Å². The lowest BCUT2D eigenvalue weighted by molar-refractivity contribution is 0.00543. The van der Waals surface area contributed by atoms with Crippen LogP contribution in [0.3, 0.4) is 0 Å². The molecule has 3 heteroatoms. The van der Waals surface area contributed by atoms with Crippen LogP contribution in [0.5, 0.6) is 11.5 Å². The highest BCUT2D eigenvalue weighted by Gasteiger charge is 2.55. The summed E-state index contributed by atoms with van der Waals surface area (Å²) in [6.45, 7) is 1.61. The summed E-state index contributed by atoms with van der Waals surface area (Å²) in [5, 5.41) is 0. The predicted octanol–water partition coefficient (Wildman–Crippen LogP) is 8.00. The van der Waals surface area contributed by atoms with Crippen molar-refractivity contribution in [3.63, 3.8) is 0 Å². The number of piperidine rings is 1. The molecule has 1 aliphatic heterocycles. The van der Waals surface area contributed by atoms with Gasteiger partial charge in [-0.05, 0) is 83.9 Å². The van der Waals surface area contributed by atoms with Gasteiger partial charge >= 0.3 is 0 Å². The van der Waals surface area contributed by atoms with E-state index in [0.29, 0.717) is 24.6 Å². The quantitative estimate of drug-likeness (QED) is 0.234. The van der Waals surface area contributed by atoms with Gasteiger partial charge in [0.25, 0.3) is 0 Å². The van der Waals surface area contributed by atoms with Gasteiger partial charge in [-0.25, -0.2) is 0 Å². The molecule has 0 aromatic heterocycles. The number of likely N-dealkylation sites (tertiary alicyclic amines) is 1. The number of aryl methyl sites for hydroxylation is 2. The summed E-state index contributed by atoms with van der Waals surface area (Å²) in [6, 6.07) is 34.2. The molecule has 0 spiro atoms. The van der Waals surface area contributed by atoms with Crippen LogP contribution < -0.4 is 9.47 Å². The van der Waals surface area contributed by atoms with E-state index in [2.05, 4.69) is 108 Å². The second-order valence-electron chi connectivity index (χ2n) is 12.6. The lowest BCUT2D eigenvalue weighted by Gasteiger charge is -2.59. The van der Waals surface area contributed by atoms with Gasteiger partial charge in [0.05, 0.1) is 13.2 Å². The van der Waals surface area contributed by atoms with E-state index < -0.39 is 0 Å². The summed E-state index contributed by atoms with van der Waals surface area (Å²) in [4.78, 5) is 2.91. The Kier molecular flexibility index (Phi) is 6.45. The summed E-state index contributed by atoms with van der Waals surface area (Å²) < 4.78 is 12.7. The first-order valence-electron chi connectivity index (χ1n) is 15.7. The van der Waals surface area contributed by atoms with Crippen LogP contribution in [0.2, 0.25) is 0 Å². The number of benzene rings is 4. The molecule has 2 bridgehead atoms. The Morgan fingerprint density at radius 3 is 2.26 bits per heavy atom. The third-order valence-electron chi connectivity index (χ3n) is 10.6. The molecule has 0 saturated carbocycles. The summed E-state index contributed by atoms with van der Waals surface area (Å²) in [6.07, 6.45) is 11.7.